The van der Waals surface area contributed by atoms with E-state index in [1.165, 1.54) is 12.8 Å². The van der Waals surface area contributed by atoms with Gasteiger partial charge in [0.25, 0.3) is 0 Å². The van der Waals surface area contributed by atoms with Crippen LogP contribution in [0.3, 0.4) is 0 Å². The molecule has 2 N–H and O–H groups in total. The minimum atomic E-state index is 0.363. The molecule has 1 aliphatic heterocycles. The number of rotatable bonds is 1. The molecule has 0 aliphatic carbocycles. The van der Waals surface area contributed by atoms with Crippen LogP contribution in [0.4, 0.5) is 11.8 Å². The SMILES string of the molecule is CC1CCN(c2nc(N)nc3ccccc23)CC1. The zero-order chi connectivity index (χ0) is 12.5. The summed E-state index contributed by atoms with van der Waals surface area (Å²) in [7, 11) is 0. The van der Waals surface area contributed by atoms with Gasteiger partial charge in [0.2, 0.25) is 5.95 Å². The lowest BCUT2D eigenvalue weighted by molar-refractivity contribution is 0.437. The van der Waals surface area contributed by atoms with E-state index in [1.54, 1.807) is 0 Å². The number of hydrogen-bond donors (Lipinski definition) is 1. The van der Waals surface area contributed by atoms with E-state index in [0.29, 0.717) is 5.95 Å². The quantitative estimate of drug-likeness (QED) is 0.834. The van der Waals surface area contributed by atoms with E-state index < -0.39 is 0 Å². The zero-order valence-electron chi connectivity index (χ0n) is 10.6. The Morgan fingerprint density at radius 1 is 1.17 bits per heavy atom. The Balaban J connectivity index is 2.05. The molecule has 94 valence electrons. The standard InChI is InChI=1S/C14H18N4/c1-10-6-8-18(9-7-10)13-11-4-2-3-5-12(11)16-14(15)17-13/h2-5,10H,6-9H2,1H3,(H2,15,16,17). The molecule has 0 radical (unpaired) electrons. The maximum Gasteiger partial charge on any atom is 0.222 e. The topological polar surface area (TPSA) is 55.0 Å². The summed E-state index contributed by atoms with van der Waals surface area (Å²) in [6.07, 6.45) is 2.44. The average molecular weight is 242 g/mol. The lowest BCUT2D eigenvalue weighted by Crippen LogP contribution is -2.33. The molecular weight excluding hydrogens is 224 g/mol. The fraction of sp³-hybridized carbons (Fsp3) is 0.429. The number of piperidine rings is 1. The number of aromatic nitrogens is 2. The maximum absolute atomic E-state index is 5.81. The Morgan fingerprint density at radius 3 is 2.67 bits per heavy atom. The Morgan fingerprint density at radius 2 is 1.89 bits per heavy atom. The Hall–Kier alpha value is -1.84. The molecule has 2 aromatic rings. The molecule has 1 fully saturated rings. The van der Waals surface area contributed by atoms with Crippen molar-refractivity contribution in [3.8, 4) is 0 Å². The second kappa shape index (κ2) is 4.44. The van der Waals surface area contributed by atoms with Crippen molar-refractivity contribution in [3.63, 3.8) is 0 Å². The molecule has 4 nitrogen and oxygen atoms in total. The van der Waals surface area contributed by atoms with Crippen molar-refractivity contribution in [3.05, 3.63) is 24.3 Å². The van der Waals surface area contributed by atoms with Crippen LogP contribution in [0, 0.1) is 5.92 Å². The number of hydrogen-bond acceptors (Lipinski definition) is 4. The fourth-order valence-corrected chi connectivity index (χ4v) is 2.54. The predicted octanol–water partition coefficient (Wildman–Crippen LogP) is 2.45. The molecule has 1 aromatic carbocycles. The van der Waals surface area contributed by atoms with E-state index in [4.69, 9.17) is 5.73 Å². The molecule has 1 saturated heterocycles. The van der Waals surface area contributed by atoms with Crippen LogP contribution in [0.2, 0.25) is 0 Å². The van der Waals surface area contributed by atoms with Crippen molar-refractivity contribution < 1.29 is 0 Å². The molecule has 0 bridgehead atoms. The van der Waals surface area contributed by atoms with E-state index in [2.05, 4.69) is 27.9 Å². The van der Waals surface area contributed by atoms with E-state index in [-0.39, 0.29) is 0 Å². The second-order valence-electron chi connectivity index (χ2n) is 5.09. The highest BCUT2D eigenvalue weighted by molar-refractivity contribution is 5.90. The van der Waals surface area contributed by atoms with Gasteiger partial charge in [-0.15, -0.1) is 0 Å². The first-order valence-corrected chi connectivity index (χ1v) is 6.51. The van der Waals surface area contributed by atoms with Crippen molar-refractivity contribution >= 4 is 22.7 Å². The summed E-state index contributed by atoms with van der Waals surface area (Å²) >= 11 is 0. The zero-order valence-corrected chi connectivity index (χ0v) is 10.6. The van der Waals surface area contributed by atoms with Gasteiger partial charge >= 0.3 is 0 Å². The maximum atomic E-state index is 5.81. The van der Waals surface area contributed by atoms with Gasteiger partial charge in [0.15, 0.2) is 0 Å². The Labute approximate surface area is 107 Å². The fourth-order valence-electron chi connectivity index (χ4n) is 2.54. The van der Waals surface area contributed by atoms with Crippen LogP contribution in [0.5, 0.6) is 0 Å². The highest BCUT2D eigenvalue weighted by atomic mass is 15.2. The van der Waals surface area contributed by atoms with Crippen LogP contribution in [0.1, 0.15) is 19.8 Å². The monoisotopic (exact) mass is 242 g/mol. The third-order valence-electron chi connectivity index (χ3n) is 3.68. The smallest absolute Gasteiger partial charge is 0.222 e. The summed E-state index contributed by atoms with van der Waals surface area (Å²) in [5, 5.41) is 1.10. The Bertz CT molecular complexity index is 559. The molecule has 0 amide bonds. The molecule has 0 atom stereocenters. The van der Waals surface area contributed by atoms with Gasteiger partial charge < -0.3 is 10.6 Å². The number of fused-ring (bicyclic) bond motifs is 1. The largest absolute Gasteiger partial charge is 0.368 e. The van der Waals surface area contributed by atoms with Crippen molar-refractivity contribution in [2.75, 3.05) is 23.7 Å². The summed E-state index contributed by atoms with van der Waals surface area (Å²) in [6.45, 7) is 4.42. The summed E-state index contributed by atoms with van der Waals surface area (Å²) in [5.74, 6) is 2.17. The van der Waals surface area contributed by atoms with Crippen LogP contribution in [0.15, 0.2) is 24.3 Å². The molecule has 3 rings (SSSR count). The van der Waals surface area contributed by atoms with E-state index in [1.807, 2.05) is 18.2 Å². The highest BCUT2D eigenvalue weighted by Crippen LogP contribution is 2.28. The molecular formula is C14H18N4. The summed E-state index contributed by atoms with van der Waals surface area (Å²) in [6, 6.07) is 8.07. The van der Waals surface area contributed by atoms with Crippen molar-refractivity contribution in [1.82, 2.24) is 9.97 Å². The first kappa shape index (κ1) is 11.3. The molecule has 4 heteroatoms. The average Bonchev–Trinajstić information content (AvgIpc) is 2.38. The van der Waals surface area contributed by atoms with Crippen LogP contribution in [-0.2, 0) is 0 Å². The first-order chi connectivity index (χ1) is 8.74. The third kappa shape index (κ3) is 1.98. The van der Waals surface area contributed by atoms with Gasteiger partial charge in [0.1, 0.15) is 5.82 Å². The normalized spacial score (nSPS) is 17.3. The molecule has 0 unspecified atom stereocenters. The number of anilines is 2. The molecule has 18 heavy (non-hydrogen) atoms. The predicted molar refractivity (Wildman–Crippen MR) is 74.6 cm³/mol. The Kier molecular flexibility index (Phi) is 2.78. The molecule has 1 aromatic heterocycles. The molecule has 0 saturated carbocycles. The number of para-hydroxylation sites is 1. The van der Waals surface area contributed by atoms with Gasteiger partial charge in [-0.05, 0) is 30.9 Å². The van der Waals surface area contributed by atoms with Gasteiger partial charge in [0.05, 0.1) is 5.52 Å². The number of nitrogen functional groups attached to an aromatic ring is 1. The van der Waals surface area contributed by atoms with Gasteiger partial charge in [-0.25, -0.2) is 4.98 Å². The van der Waals surface area contributed by atoms with Crippen molar-refractivity contribution in [2.45, 2.75) is 19.8 Å². The minimum absolute atomic E-state index is 0.363. The molecule has 1 aliphatic rings. The second-order valence-corrected chi connectivity index (χ2v) is 5.09. The van der Waals surface area contributed by atoms with Crippen LogP contribution in [0.25, 0.3) is 10.9 Å². The van der Waals surface area contributed by atoms with Gasteiger partial charge in [-0.2, -0.15) is 4.98 Å². The van der Waals surface area contributed by atoms with Gasteiger partial charge in [-0.1, -0.05) is 19.1 Å². The van der Waals surface area contributed by atoms with Gasteiger partial charge in [0, 0.05) is 18.5 Å². The highest BCUT2D eigenvalue weighted by Gasteiger charge is 2.19. The van der Waals surface area contributed by atoms with E-state index in [9.17, 15) is 0 Å². The lowest BCUT2D eigenvalue weighted by Gasteiger charge is -2.31. The summed E-state index contributed by atoms with van der Waals surface area (Å²) in [4.78, 5) is 11.1. The van der Waals surface area contributed by atoms with Crippen LogP contribution in [-0.4, -0.2) is 23.1 Å². The van der Waals surface area contributed by atoms with Crippen LogP contribution < -0.4 is 10.6 Å². The van der Waals surface area contributed by atoms with Crippen molar-refractivity contribution in [2.24, 2.45) is 5.92 Å². The summed E-state index contributed by atoms with van der Waals surface area (Å²) in [5.41, 5.74) is 6.74. The summed E-state index contributed by atoms with van der Waals surface area (Å²) < 4.78 is 0. The number of nitrogens with zero attached hydrogens (tertiary/aromatic N) is 3. The van der Waals surface area contributed by atoms with Crippen LogP contribution >= 0.6 is 0 Å². The lowest BCUT2D eigenvalue weighted by atomic mass is 9.99. The first-order valence-electron chi connectivity index (χ1n) is 6.51. The third-order valence-corrected chi connectivity index (χ3v) is 3.68. The van der Waals surface area contributed by atoms with Crippen molar-refractivity contribution in [1.29, 1.82) is 0 Å². The number of benzene rings is 1. The van der Waals surface area contributed by atoms with Gasteiger partial charge in [-0.3, -0.25) is 0 Å². The van der Waals surface area contributed by atoms with E-state index >= 15 is 0 Å². The molecule has 2 heterocycles. The minimum Gasteiger partial charge on any atom is -0.368 e. The van der Waals surface area contributed by atoms with E-state index in [0.717, 1.165) is 35.7 Å². The number of nitrogens with two attached hydrogens (primary N) is 1. The molecule has 0 spiro atoms.